The molecule has 144 valence electrons. The molecule has 0 atom stereocenters. The van der Waals surface area contributed by atoms with Crippen LogP contribution >= 0.6 is 0 Å². The van der Waals surface area contributed by atoms with E-state index in [1.54, 1.807) is 0 Å². The number of hydrogen-bond acceptors (Lipinski definition) is 3. The zero-order chi connectivity index (χ0) is 18.9. The lowest BCUT2D eigenvalue weighted by molar-refractivity contribution is 0.241. The predicted octanol–water partition coefficient (Wildman–Crippen LogP) is 3.22. The normalized spacial score (nSPS) is 14.1. The maximum absolute atomic E-state index is 12.0. The van der Waals surface area contributed by atoms with Gasteiger partial charge in [-0.15, -0.1) is 0 Å². The molecule has 0 aromatic heterocycles. The van der Waals surface area contributed by atoms with E-state index in [0.717, 1.165) is 24.3 Å². The quantitative estimate of drug-likeness (QED) is 0.754. The molecule has 2 amide bonds. The number of carbonyl (C=O) groups is 1. The third kappa shape index (κ3) is 6.29. The third-order valence-electron chi connectivity index (χ3n) is 5.01. The van der Waals surface area contributed by atoms with Crippen LogP contribution in [0.15, 0.2) is 54.6 Å². The lowest BCUT2D eigenvalue weighted by Gasteiger charge is -2.19. The van der Waals surface area contributed by atoms with E-state index in [1.807, 2.05) is 25.2 Å². The van der Waals surface area contributed by atoms with E-state index in [0.29, 0.717) is 13.1 Å². The summed E-state index contributed by atoms with van der Waals surface area (Å²) in [7, 11) is 2.03. The second-order valence-electron chi connectivity index (χ2n) is 7.17. The Morgan fingerprint density at radius 1 is 0.963 bits per heavy atom. The van der Waals surface area contributed by atoms with Gasteiger partial charge in [0.2, 0.25) is 0 Å². The van der Waals surface area contributed by atoms with E-state index in [2.05, 4.69) is 56.8 Å². The van der Waals surface area contributed by atoms with E-state index in [-0.39, 0.29) is 6.03 Å². The number of hydrogen-bond donors (Lipinski definition) is 2. The highest BCUT2D eigenvalue weighted by molar-refractivity contribution is 5.73. The zero-order valence-electron chi connectivity index (χ0n) is 16.2. The number of likely N-dealkylation sites (tertiary alicyclic amines) is 1. The van der Waals surface area contributed by atoms with Crippen molar-refractivity contribution in [2.75, 3.05) is 38.1 Å². The van der Waals surface area contributed by atoms with Gasteiger partial charge in [-0.1, -0.05) is 42.5 Å². The highest BCUT2D eigenvalue weighted by atomic mass is 16.2. The van der Waals surface area contributed by atoms with Crippen LogP contribution in [0, 0.1) is 0 Å². The molecule has 0 bridgehead atoms. The molecule has 2 aromatic rings. The summed E-state index contributed by atoms with van der Waals surface area (Å²) < 4.78 is 0. The van der Waals surface area contributed by atoms with Crippen LogP contribution in [0.1, 0.15) is 24.0 Å². The number of anilines is 1. The van der Waals surface area contributed by atoms with E-state index >= 15 is 0 Å². The van der Waals surface area contributed by atoms with Crippen molar-refractivity contribution >= 4 is 11.7 Å². The summed E-state index contributed by atoms with van der Waals surface area (Å²) in [6.45, 7) is 5.37. The van der Waals surface area contributed by atoms with Gasteiger partial charge in [0.25, 0.3) is 0 Å². The lowest BCUT2D eigenvalue weighted by atomic mass is 10.1. The molecule has 1 saturated heterocycles. The molecule has 1 heterocycles. The van der Waals surface area contributed by atoms with Crippen molar-refractivity contribution < 1.29 is 4.79 Å². The van der Waals surface area contributed by atoms with E-state index in [1.165, 1.54) is 31.5 Å². The molecular weight excluding hydrogens is 336 g/mol. The van der Waals surface area contributed by atoms with Crippen LogP contribution in [-0.4, -0.2) is 44.2 Å². The maximum atomic E-state index is 12.0. The van der Waals surface area contributed by atoms with Crippen molar-refractivity contribution in [3.63, 3.8) is 0 Å². The first-order valence-electron chi connectivity index (χ1n) is 9.79. The average molecular weight is 367 g/mol. The summed E-state index contributed by atoms with van der Waals surface area (Å²) in [6, 6.07) is 18.6. The molecule has 1 fully saturated rings. The van der Waals surface area contributed by atoms with Gasteiger partial charge in [0.15, 0.2) is 0 Å². The Labute approximate surface area is 162 Å². The van der Waals surface area contributed by atoms with E-state index in [4.69, 9.17) is 0 Å². The van der Waals surface area contributed by atoms with Gasteiger partial charge >= 0.3 is 6.03 Å². The van der Waals surface area contributed by atoms with Crippen LogP contribution in [0.25, 0.3) is 0 Å². The maximum Gasteiger partial charge on any atom is 0.315 e. The Morgan fingerprint density at radius 2 is 1.63 bits per heavy atom. The van der Waals surface area contributed by atoms with Crippen LogP contribution in [0.2, 0.25) is 0 Å². The molecule has 5 heteroatoms. The van der Waals surface area contributed by atoms with Crippen LogP contribution in [-0.2, 0) is 13.1 Å². The molecule has 5 nitrogen and oxygen atoms in total. The van der Waals surface area contributed by atoms with Crippen molar-refractivity contribution in [2.24, 2.45) is 0 Å². The molecule has 27 heavy (non-hydrogen) atoms. The standard InChI is InChI=1S/C22H30N4O/c1-25(21-7-3-2-4-8-21)16-13-23-22(27)24-17-19-9-11-20(12-10-19)18-26-14-5-6-15-26/h2-4,7-12H,5-6,13-18H2,1H3,(H2,23,24,27). The largest absolute Gasteiger partial charge is 0.373 e. The van der Waals surface area contributed by atoms with Crippen molar-refractivity contribution in [1.82, 2.24) is 15.5 Å². The molecule has 0 spiro atoms. The second-order valence-corrected chi connectivity index (χ2v) is 7.17. The molecule has 0 radical (unpaired) electrons. The number of para-hydroxylation sites is 1. The van der Waals surface area contributed by atoms with Crippen molar-refractivity contribution in [3.05, 3.63) is 65.7 Å². The SMILES string of the molecule is CN(CCNC(=O)NCc1ccc(CN2CCCC2)cc1)c1ccccc1. The fourth-order valence-electron chi connectivity index (χ4n) is 3.36. The summed E-state index contributed by atoms with van der Waals surface area (Å²) in [6.07, 6.45) is 2.64. The molecular formula is C22H30N4O. The summed E-state index contributed by atoms with van der Waals surface area (Å²) in [5, 5.41) is 5.84. The molecule has 0 unspecified atom stereocenters. The average Bonchev–Trinajstić information content (AvgIpc) is 3.21. The van der Waals surface area contributed by atoms with E-state index < -0.39 is 0 Å². The minimum Gasteiger partial charge on any atom is -0.373 e. The molecule has 1 aliphatic rings. The van der Waals surface area contributed by atoms with Crippen LogP contribution < -0.4 is 15.5 Å². The smallest absolute Gasteiger partial charge is 0.315 e. The van der Waals surface area contributed by atoms with Crippen LogP contribution in [0.4, 0.5) is 10.5 Å². The number of likely N-dealkylation sites (N-methyl/N-ethyl adjacent to an activating group) is 1. The molecule has 3 rings (SSSR count). The molecule has 2 aromatic carbocycles. The van der Waals surface area contributed by atoms with Crippen molar-refractivity contribution in [3.8, 4) is 0 Å². The van der Waals surface area contributed by atoms with Crippen LogP contribution in [0.5, 0.6) is 0 Å². The van der Waals surface area contributed by atoms with Gasteiger partial charge in [-0.25, -0.2) is 4.79 Å². The Morgan fingerprint density at radius 3 is 2.33 bits per heavy atom. The van der Waals surface area contributed by atoms with Gasteiger partial charge in [-0.3, -0.25) is 4.90 Å². The first-order valence-corrected chi connectivity index (χ1v) is 9.79. The summed E-state index contributed by atoms with van der Waals surface area (Å²) in [5.74, 6) is 0. The number of amides is 2. The minimum atomic E-state index is -0.127. The Hall–Kier alpha value is -2.53. The first-order chi connectivity index (χ1) is 13.2. The monoisotopic (exact) mass is 366 g/mol. The number of carbonyl (C=O) groups excluding carboxylic acids is 1. The fraction of sp³-hybridized carbons (Fsp3) is 0.409. The molecule has 1 aliphatic heterocycles. The molecule has 0 saturated carbocycles. The highest BCUT2D eigenvalue weighted by Gasteiger charge is 2.11. The Kier molecular flexibility index (Phi) is 7.11. The fourth-order valence-corrected chi connectivity index (χ4v) is 3.36. The predicted molar refractivity (Wildman–Crippen MR) is 111 cm³/mol. The number of urea groups is 1. The lowest BCUT2D eigenvalue weighted by Crippen LogP contribution is -2.39. The zero-order valence-corrected chi connectivity index (χ0v) is 16.2. The molecule has 2 N–H and O–H groups in total. The van der Waals surface area contributed by atoms with E-state index in [9.17, 15) is 4.79 Å². The highest BCUT2D eigenvalue weighted by Crippen LogP contribution is 2.13. The second kappa shape index (κ2) is 9.97. The van der Waals surface area contributed by atoms with Gasteiger partial charge < -0.3 is 15.5 Å². The topological polar surface area (TPSA) is 47.6 Å². The third-order valence-corrected chi connectivity index (χ3v) is 5.01. The Balaban J connectivity index is 1.33. The summed E-state index contributed by atoms with van der Waals surface area (Å²) in [4.78, 5) is 16.6. The van der Waals surface area contributed by atoms with Gasteiger partial charge in [0.05, 0.1) is 0 Å². The summed E-state index contributed by atoms with van der Waals surface area (Å²) in [5.41, 5.74) is 3.61. The van der Waals surface area contributed by atoms with Crippen molar-refractivity contribution in [2.45, 2.75) is 25.9 Å². The Bertz CT molecular complexity index is 696. The van der Waals surface area contributed by atoms with Gasteiger partial charge in [-0.05, 0) is 49.2 Å². The number of nitrogens with one attached hydrogen (secondary N) is 2. The first kappa shape index (κ1) is 19.2. The minimum absolute atomic E-state index is 0.127. The van der Waals surface area contributed by atoms with Gasteiger partial charge in [-0.2, -0.15) is 0 Å². The molecule has 0 aliphatic carbocycles. The van der Waals surface area contributed by atoms with Gasteiger partial charge in [0.1, 0.15) is 0 Å². The number of benzene rings is 2. The number of nitrogens with zero attached hydrogens (tertiary/aromatic N) is 2. The van der Waals surface area contributed by atoms with Crippen molar-refractivity contribution in [1.29, 1.82) is 0 Å². The van der Waals surface area contributed by atoms with Crippen LogP contribution in [0.3, 0.4) is 0 Å². The summed E-state index contributed by atoms with van der Waals surface area (Å²) >= 11 is 0. The van der Waals surface area contributed by atoms with Gasteiger partial charge in [0, 0.05) is 38.9 Å². The number of rotatable bonds is 8.